The minimum Gasteiger partial charge on any atom is -0.496 e. The zero-order chi connectivity index (χ0) is 12.1. The Morgan fingerprint density at radius 1 is 1.56 bits per heavy atom. The molecule has 3 nitrogen and oxygen atoms in total. The highest BCUT2D eigenvalue weighted by Crippen LogP contribution is 2.21. The van der Waals surface area contributed by atoms with Crippen LogP contribution < -0.4 is 4.74 Å². The first-order valence-corrected chi connectivity index (χ1v) is 5.00. The van der Waals surface area contributed by atoms with Crippen LogP contribution >= 0.6 is 0 Å². The van der Waals surface area contributed by atoms with Gasteiger partial charge in [0.25, 0.3) is 0 Å². The topological polar surface area (TPSA) is 36.3 Å². The van der Waals surface area contributed by atoms with E-state index in [1.807, 2.05) is 11.9 Å². The summed E-state index contributed by atoms with van der Waals surface area (Å²) in [5, 5.41) is 8.77. The molecular formula is C12H15FN2O. The molecule has 86 valence electrons. The molecule has 1 aromatic carbocycles. The lowest BCUT2D eigenvalue weighted by atomic mass is 10.1. The van der Waals surface area contributed by atoms with Crippen LogP contribution in [-0.2, 0) is 6.54 Å². The van der Waals surface area contributed by atoms with Crippen molar-refractivity contribution in [2.45, 2.75) is 19.5 Å². The molecule has 1 aromatic rings. The third kappa shape index (κ3) is 2.94. The summed E-state index contributed by atoms with van der Waals surface area (Å²) in [5.74, 6) is 0.340. The summed E-state index contributed by atoms with van der Waals surface area (Å²) >= 11 is 0. The van der Waals surface area contributed by atoms with Crippen molar-refractivity contribution in [1.82, 2.24) is 4.90 Å². The minimum absolute atomic E-state index is 0.215. The van der Waals surface area contributed by atoms with Crippen molar-refractivity contribution in [2.75, 3.05) is 14.2 Å². The summed E-state index contributed by atoms with van der Waals surface area (Å²) in [6, 6.07) is 6.29. The maximum atomic E-state index is 13.1. The van der Waals surface area contributed by atoms with E-state index >= 15 is 0 Å². The Morgan fingerprint density at radius 2 is 2.25 bits per heavy atom. The van der Waals surface area contributed by atoms with Crippen molar-refractivity contribution in [3.05, 3.63) is 29.6 Å². The number of hydrogen-bond acceptors (Lipinski definition) is 3. The molecule has 1 unspecified atom stereocenters. The van der Waals surface area contributed by atoms with Crippen molar-refractivity contribution in [1.29, 1.82) is 5.26 Å². The van der Waals surface area contributed by atoms with Gasteiger partial charge in [0, 0.05) is 12.1 Å². The highest BCUT2D eigenvalue weighted by molar-refractivity contribution is 5.33. The Morgan fingerprint density at radius 3 is 2.81 bits per heavy atom. The number of methoxy groups -OCH3 is 1. The van der Waals surface area contributed by atoms with E-state index in [9.17, 15) is 4.39 Å². The maximum Gasteiger partial charge on any atom is 0.123 e. The standard InChI is InChI=1S/C12H15FN2O/c1-9(7-14)15(2)8-10-6-11(13)4-5-12(10)16-3/h4-6,9H,8H2,1-3H3. The number of benzene rings is 1. The fourth-order valence-corrected chi connectivity index (χ4v) is 1.37. The van der Waals surface area contributed by atoms with E-state index in [1.165, 1.54) is 12.1 Å². The van der Waals surface area contributed by atoms with Crippen LogP contribution in [0.3, 0.4) is 0 Å². The third-order valence-electron chi connectivity index (χ3n) is 2.51. The number of nitriles is 1. The molecule has 0 aliphatic carbocycles. The molecule has 0 saturated heterocycles. The second kappa shape index (κ2) is 5.47. The lowest BCUT2D eigenvalue weighted by molar-refractivity contribution is 0.287. The van der Waals surface area contributed by atoms with Gasteiger partial charge in [-0.25, -0.2) is 4.39 Å². The molecule has 0 radical (unpaired) electrons. The van der Waals surface area contributed by atoms with E-state index in [0.29, 0.717) is 12.3 Å². The number of halogens is 1. The molecule has 0 fully saturated rings. The van der Waals surface area contributed by atoms with Gasteiger partial charge in [-0.1, -0.05) is 0 Å². The van der Waals surface area contributed by atoms with Crippen molar-refractivity contribution in [3.8, 4) is 11.8 Å². The smallest absolute Gasteiger partial charge is 0.123 e. The fraction of sp³-hybridized carbons (Fsp3) is 0.417. The molecule has 1 atom stereocenters. The maximum absolute atomic E-state index is 13.1. The SMILES string of the molecule is COc1ccc(F)cc1CN(C)C(C)C#N. The van der Waals surface area contributed by atoms with E-state index in [1.54, 1.807) is 20.1 Å². The third-order valence-corrected chi connectivity index (χ3v) is 2.51. The molecule has 4 heteroatoms. The largest absolute Gasteiger partial charge is 0.496 e. The summed E-state index contributed by atoms with van der Waals surface area (Å²) in [4.78, 5) is 1.83. The molecule has 0 aliphatic rings. The van der Waals surface area contributed by atoms with Gasteiger partial charge in [-0.15, -0.1) is 0 Å². The fourth-order valence-electron chi connectivity index (χ4n) is 1.37. The van der Waals surface area contributed by atoms with Crippen LogP contribution in [0.1, 0.15) is 12.5 Å². The van der Waals surface area contributed by atoms with Gasteiger partial charge in [0.15, 0.2) is 0 Å². The Balaban J connectivity index is 2.87. The Hall–Kier alpha value is -1.60. The molecular weight excluding hydrogens is 207 g/mol. The average Bonchev–Trinajstić information content (AvgIpc) is 2.28. The molecule has 1 rings (SSSR count). The van der Waals surface area contributed by atoms with E-state index < -0.39 is 0 Å². The number of nitrogens with zero attached hydrogens (tertiary/aromatic N) is 2. The molecule has 0 aliphatic heterocycles. The number of rotatable bonds is 4. The van der Waals surface area contributed by atoms with Crippen molar-refractivity contribution < 1.29 is 9.13 Å². The highest BCUT2D eigenvalue weighted by Gasteiger charge is 2.12. The first-order valence-electron chi connectivity index (χ1n) is 5.00. The summed E-state index contributed by atoms with van der Waals surface area (Å²) in [7, 11) is 3.36. The normalized spacial score (nSPS) is 12.2. The van der Waals surface area contributed by atoms with Gasteiger partial charge in [-0.05, 0) is 32.2 Å². The molecule has 0 aromatic heterocycles. The van der Waals surface area contributed by atoms with Crippen LogP contribution in [0.5, 0.6) is 5.75 Å². The Labute approximate surface area is 95.1 Å². The molecule has 0 N–H and O–H groups in total. The molecule has 0 saturated carbocycles. The lowest BCUT2D eigenvalue weighted by Gasteiger charge is -2.20. The zero-order valence-electron chi connectivity index (χ0n) is 9.70. The molecule has 0 bridgehead atoms. The van der Waals surface area contributed by atoms with Gasteiger partial charge in [0.1, 0.15) is 11.6 Å². The Bertz CT molecular complexity index is 400. The van der Waals surface area contributed by atoms with Crippen LogP contribution in [0, 0.1) is 17.1 Å². The average molecular weight is 222 g/mol. The summed E-state index contributed by atoms with van der Waals surface area (Å²) in [5.41, 5.74) is 0.743. The molecule has 0 heterocycles. The zero-order valence-corrected chi connectivity index (χ0v) is 9.70. The Kier molecular flexibility index (Phi) is 4.27. The van der Waals surface area contributed by atoms with Crippen LogP contribution in [0.4, 0.5) is 4.39 Å². The second-order valence-corrected chi connectivity index (χ2v) is 3.68. The van der Waals surface area contributed by atoms with E-state index in [-0.39, 0.29) is 11.9 Å². The molecule has 0 spiro atoms. The number of hydrogen-bond donors (Lipinski definition) is 0. The van der Waals surface area contributed by atoms with Gasteiger partial charge in [-0.2, -0.15) is 5.26 Å². The second-order valence-electron chi connectivity index (χ2n) is 3.68. The summed E-state index contributed by atoms with van der Waals surface area (Å²) < 4.78 is 18.2. The van der Waals surface area contributed by atoms with E-state index in [0.717, 1.165) is 5.56 Å². The van der Waals surface area contributed by atoms with E-state index in [4.69, 9.17) is 10.00 Å². The molecule has 16 heavy (non-hydrogen) atoms. The predicted molar refractivity (Wildman–Crippen MR) is 59.5 cm³/mol. The van der Waals surface area contributed by atoms with Gasteiger partial charge in [0.05, 0.1) is 19.2 Å². The van der Waals surface area contributed by atoms with Gasteiger partial charge in [-0.3, -0.25) is 4.90 Å². The van der Waals surface area contributed by atoms with Crippen LogP contribution in [0.15, 0.2) is 18.2 Å². The van der Waals surface area contributed by atoms with Gasteiger partial charge < -0.3 is 4.74 Å². The van der Waals surface area contributed by atoms with Gasteiger partial charge in [0.2, 0.25) is 0 Å². The number of ether oxygens (including phenoxy) is 1. The van der Waals surface area contributed by atoms with Crippen LogP contribution in [0.25, 0.3) is 0 Å². The first kappa shape index (κ1) is 12.5. The lowest BCUT2D eigenvalue weighted by Crippen LogP contribution is -2.27. The highest BCUT2D eigenvalue weighted by atomic mass is 19.1. The predicted octanol–water partition coefficient (Wildman–Crippen LogP) is 2.18. The van der Waals surface area contributed by atoms with Crippen molar-refractivity contribution in [2.24, 2.45) is 0 Å². The quantitative estimate of drug-likeness (QED) is 0.783. The van der Waals surface area contributed by atoms with Crippen LogP contribution in [0.2, 0.25) is 0 Å². The van der Waals surface area contributed by atoms with E-state index in [2.05, 4.69) is 6.07 Å². The van der Waals surface area contributed by atoms with Crippen molar-refractivity contribution >= 4 is 0 Å². The minimum atomic E-state index is -0.297. The first-order chi connectivity index (χ1) is 7.58. The summed E-state index contributed by atoms with van der Waals surface area (Å²) in [6.45, 7) is 2.28. The van der Waals surface area contributed by atoms with Crippen molar-refractivity contribution in [3.63, 3.8) is 0 Å². The van der Waals surface area contributed by atoms with Crippen LogP contribution in [-0.4, -0.2) is 25.1 Å². The van der Waals surface area contributed by atoms with Gasteiger partial charge >= 0.3 is 0 Å². The summed E-state index contributed by atoms with van der Waals surface area (Å²) in [6.07, 6.45) is 0. The molecule has 0 amide bonds. The monoisotopic (exact) mass is 222 g/mol.